The molecule has 7 nitrogen and oxygen atoms in total. The maximum Gasteiger partial charge on any atom is 0.416 e. The molecular weight excluding hydrogens is 615 g/mol. The van der Waals surface area contributed by atoms with Crippen LogP contribution in [0.2, 0.25) is 0 Å². The number of urea groups is 1. The Balaban J connectivity index is 1.37. The fourth-order valence-electron chi connectivity index (χ4n) is 5.87. The molecule has 4 aromatic carbocycles. The van der Waals surface area contributed by atoms with E-state index >= 15 is 0 Å². The van der Waals surface area contributed by atoms with Crippen molar-refractivity contribution in [2.45, 2.75) is 42.3 Å². The normalized spacial score (nSPS) is 14.6. The number of anilines is 1. The molecule has 1 fully saturated rings. The fourth-order valence-corrected chi connectivity index (χ4v) is 7.34. The van der Waals surface area contributed by atoms with Gasteiger partial charge in [0.25, 0.3) is 0 Å². The van der Waals surface area contributed by atoms with Crippen molar-refractivity contribution in [3.05, 3.63) is 126 Å². The van der Waals surface area contributed by atoms with Gasteiger partial charge >= 0.3 is 12.2 Å². The van der Waals surface area contributed by atoms with Gasteiger partial charge in [0, 0.05) is 37.3 Å². The second kappa shape index (κ2) is 14.4. The summed E-state index contributed by atoms with van der Waals surface area (Å²) in [6, 6.07) is 29.7. The van der Waals surface area contributed by atoms with Gasteiger partial charge in [-0.15, -0.1) is 0 Å². The second-order valence-corrected chi connectivity index (χ2v) is 13.1. The van der Waals surface area contributed by atoms with Crippen LogP contribution in [0.3, 0.4) is 0 Å². The highest BCUT2D eigenvalue weighted by atomic mass is 32.2. The van der Waals surface area contributed by atoms with Crippen molar-refractivity contribution < 1.29 is 31.1 Å². The molecule has 1 saturated heterocycles. The predicted octanol–water partition coefficient (Wildman–Crippen LogP) is 7.62. The van der Waals surface area contributed by atoms with E-state index in [1.807, 2.05) is 60.7 Å². The molecule has 1 aliphatic rings. The summed E-state index contributed by atoms with van der Waals surface area (Å²) in [5.74, 6) is 0.506. The van der Waals surface area contributed by atoms with Crippen molar-refractivity contribution >= 4 is 21.7 Å². The third kappa shape index (κ3) is 7.89. The first kappa shape index (κ1) is 33.0. The lowest BCUT2D eigenvalue weighted by Crippen LogP contribution is -2.50. The van der Waals surface area contributed by atoms with Crippen molar-refractivity contribution in [2.24, 2.45) is 0 Å². The number of nitrogens with zero attached hydrogens (tertiary/aromatic N) is 2. The molecule has 46 heavy (non-hydrogen) atoms. The van der Waals surface area contributed by atoms with Crippen molar-refractivity contribution in [1.29, 1.82) is 0 Å². The lowest BCUT2D eigenvalue weighted by atomic mass is 9.88. The molecule has 5 rings (SSSR count). The Morgan fingerprint density at radius 1 is 0.891 bits per heavy atom. The summed E-state index contributed by atoms with van der Waals surface area (Å²) in [5, 5.41) is 2.68. The maximum atomic E-state index is 13.8. The van der Waals surface area contributed by atoms with E-state index < -0.39 is 27.8 Å². The number of amides is 2. The first-order valence-corrected chi connectivity index (χ1v) is 16.5. The van der Waals surface area contributed by atoms with Gasteiger partial charge in [-0.1, -0.05) is 66.7 Å². The zero-order valence-corrected chi connectivity index (χ0v) is 26.2. The van der Waals surface area contributed by atoms with E-state index in [9.17, 15) is 26.4 Å². The SMILES string of the molecule is COc1ccc(S(=O)(=O)N2CCC(N(CCC(c3ccccc3)c3ccccc3)C(=O)Nc3cccc(C(F)(F)F)c3)CC2)cc1. The van der Waals surface area contributed by atoms with Gasteiger partial charge in [-0.2, -0.15) is 17.5 Å². The Hall–Kier alpha value is -4.35. The number of benzene rings is 4. The van der Waals surface area contributed by atoms with E-state index in [-0.39, 0.29) is 35.6 Å². The number of halogens is 3. The van der Waals surface area contributed by atoms with Crippen LogP contribution in [0.1, 0.15) is 41.9 Å². The predicted molar refractivity (Wildman–Crippen MR) is 171 cm³/mol. The number of sulfonamides is 1. The van der Waals surface area contributed by atoms with Crippen molar-refractivity contribution in [1.82, 2.24) is 9.21 Å². The average Bonchev–Trinajstić information content (AvgIpc) is 3.07. The molecule has 242 valence electrons. The minimum absolute atomic E-state index is 0.0343. The fraction of sp³-hybridized carbons (Fsp3) is 0.286. The van der Waals surface area contributed by atoms with Crippen LogP contribution in [0.15, 0.2) is 114 Å². The Labute approximate surface area is 267 Å². The Bertz CT molecular complexity index is 1660. The molecule has 0 unspecified atom stereocenters. The van der Waals surface area contributed by atoms with Crippen molar-refractivity contribution in [3.63, 3.8) is 0 Å². The average molecular weight is 652 g/mol. The number of nitrogens with one attached hydrogen (secondary N) is 1. The first-order valence-electron chi connectivity index (χ1n) is 15.1. The summed E-state index contributed by atoms with van der Waals surface area (Å²) < 4.78 is 73.5. The molecule has 0 spiro atoms. The summed E-state index contributed by atoms with van der Waals surface area (Å²) in [5.41, 5.74) is 1.33. The summed E-state index contributed by atoms with van der Waals surface area (Å²) in [7, 11) is -2.26. The molecule has 0 radical (unpaired) electrons. The number of alkyl halides is 3. The third-order valence-electron chi connectivity index (χ3n) is 8.33. The highest BCUT2D eigenvalue weighted by Gasteiger charge is 2.35. The molecule has 0 aliphatic carbocycles. The Morgan fingerprint density at radius 2 is 1.48 bits per heavy atom. The minimum Gasteiger partial charge on any atom is -0.497 e. The lowest BCUT2D eigenvalue weighted by Gasteiger charge is -2.38. The van der Waals surface area contributed by atoms with Crippen molar-refractivity contribution in [3.8, 4) is 5.75 Å². The van der Waals surface area contributed by atoms with Crippen LogP contribution in [0, 0.1) is 0 Å². The van der Waals surface area contributed by atoms with Crippen LogP contribution in [-0.4, -0.2) is 56.4 Å². The number of piperidine rings is 1. The summed E-state index contributed by atoms with van der Waals surface area (Å²) in [6.07, 6.45) is -3.27. The number of hydrogen-bond donors (Lipinski definition) is 1. The first-order chi connectivity index (χ1) is 22.1. The zero-order valence-electron chi connectivity index (χ0n) is 25.4. The summed E-state index contributed by atoms with van der Waals surface area (Å²) in [6.45, 7) is 0.676. The third-order valence-corrected chi connectivity index (χ3v) is 10.2. The number of carbonyl (C=O) groups excluding carboxylic acids is 1. The Kier molecular flexibility index (Phi) is 10.3. The van der Waals surface area contributed by atoms with Gasteiger partial charge < -0.3 is 15.0 Å². The number of carbonyl (C=O) groups is 1. The van der Waals surface area contributed by atoms with Gasteiger partial charge in [-0.05, 0) is 72.9 Å². The lowest BCUT2D eigenvalue weighted by molar-refractivity contribution is -0.137. The quantitative estimate of drug-likeness (QED) is 0.191. The van der Waals surface area contributed by atoms with Gasteiger partial charge in [-0.25, -0.2) is 13.2 Å². The van der Waals surface area contributed by atoms with E-state index in [1.165, 1.54) is 35.7 Å². The van der Waals surface area contributed by atoms with Gasteiger partial charge in [0.2, 0.25) is 10.0 Å². The minimum atomic E-state index is -4.55. The van der Waals surface area contributed by atoms with E-state index in [2.05, 4.69) is 5.32 Å². The molecule has 4 aromatic rings. The molecule has 11 heteroatoms. The molecule has 1 N–H and O–H groups in total. The van der Waals surface area contributed by atoms with Crippen LogP contribution in [0.5, 0.6) is 5.75 Å². The van der Waals surface area contributed by atoms with E-state index in [0.29, 0.717) is 31.6 Å². The monoisotopic (exact) mass is 651 g/mol. The van der Waals surface area contributed by atoms with E-state index in [4.69, 9.17) is 4.74 Å². The standard InChI is InChI=1S/C35H36F3N3O4S/c1-45-31-15-17-32(18-16-31)46(43,44)40-22-19-30(20-23-40)41(34(42)39-29-14-8-13-28(25-29)35(36,37)38)24-21-33(26-9-4-2-5-10-26)27-11-6-3-7-12-27/h2-18,25,30,33H,19-24H2,1H3,(H,39,42). The number of rotatable bonds is 10. The molecule has 0 aromatic heterocycles. The van der Waals surface area contributed by atoms with E-state index in [0.717, 1.165) is 23.3 Å². The number of ether oxygens (including phenoxy) is 1. The highest BCUT2D eigenvalue weighted by Crippen LogP contribution is 2.32. The van der Waals surface area contributed by atoms with E-state index in [1.54, 1.807) is 17.0 Å². The van der Waals surface area contributed by atoms with Crippen LogP contribution < -0.4 is 10.1 Å². The highest BCUT2D eigenvalue weighted by molar-refractivity contribution is 7.89. The molecule has 0 bridgehead atoms. The molecule has 2 amide bonds. The molecule has 1 aliphatic heterocycles. The number of methoxy groups -OCH3 is 1. The van der Waals surface area contributed by atoms with Crippen LogP contribution in [0.25, 0.3) is 0 Å². The number of hydrogen-bond acceptors (Lipinski definition) is 4. The van der Waals surface area contributed by atoms with Crippen LogP contribution in [-0.2, 0) is 16.2 Å². The van der Waals surface area contributed by atoms with Gasteiger partial charge in [0.15, 0.2) is 0 Å². The molecule has 1 heterocycles. The van der Waals surface area contributed by atoms with Crippen LogP contribution in [0.4, 0.5) is 23.7 Å². The summed E-state index contributed by atoms with van der Waals surface area (Å²) >= 11 is 0. The second-order valence-electron chi connectivity index (χ2n) is 11.2. The van der Waals surface area contributed by atoms with Gasteiger partial charge in [-0.3, -0.25) is 0 Å². The Morgan fingerprint density at radius 3 is 2.02 bits per heavy atom. The molecular formula is C35H36F3N3O4S. The van der Waals surface area contributed by atoms with Gasteiger partial charge in [0.05, 0.1) is 17.6 Å². The zero-order chi connectivity index (χ0) is 32.7. The van der Waals surface area contributed by atoms with Crippen molar-refractivity contribution in [2.75, 3.05) is 32.1 Å². The van der Waals surface area contributed by atoms with Gasteiger partial charge in [0.1, 0.15) is 5.75 Å². The van der Waals surface area contributed by atoms with Crippen LogP contribution >= 0.6 is 0 Å². The largest absolute Gasteiger partial charge is 0.497 e. The smallest absolute Gasteiger partial charge is 0.416 e. The molecule has 0 atom stereocenters. The summed E-state index contributed by atoms with van der Waals surface area (Å²) in [4.78, 5) is 15.6. The maximum absolute atomic E-state index is 13.8. The molecule has 0 saturated carbocycles. The topological polar surface area (TPSA) is 79.0 Å².